The molecule has 0 aliphatic heterocycles. The number of rotatable bonds is 5. The lowest BCUT2D eigenvalue weighted by atomic mass is 10.0. The molecule has 0 aromatic heterocycles. The largest absolute Gasteiger partial charge is 0.326 e. The quantitative estimate of drug-likeness (QED) is 0.852. The number of amides is 2. The van der Waals surface area contributed by atoms with Crippen molar-refractivity contribution in [3.8, 4) is 0 Å². The summed E-state index contributed by atoms with van der Waals surface area (Å²) in [4.78, 5) is 23.1. The number of benzene rings is 1. The van der Waals surface area contributed by atoms with Gasteiger partial charge in [0.05, 0.1) is 4.90 Å². The molecule has 7 heteroatoms. The van der Waals surface area contributed by atoms with Crippen molar-refractivity contribution in [1.82, 2.24) is 4.72 Å². The molecule has 1 aromatic rings. The van der Waals surface area contributed by atoms with Crippen LogP contribution in [0.2, 0.25) is 0 Å². The van der Waals surface area contributed by atoms with Gasteiger partial charge in [0.1, 0.15) is 0 Å². The van der Waals surface area contributed by atoms with E-state index < -0.39 is 15.9 Å². The van der Waals surface area contributed by atoms with E-state index in [0.717, 1.165) is 0 Å². The Morgan fingerprint density at radius 2 is 1.54 bits per heavy atom. The molecule has 0 spiro atoms. The van der Waals surface area contributed by atoms with Gasteiger partial charge in [-0.05, 0) is 41.0 Å². The SMILES string of the molecule is CC(=O)Nc1ccc(S(=O)(=O)NC(=O)CC2C(C)(C)C2(C)C)cc1. The molecule has 2 amide bonds. The van der Waals surface area contributed by atoms with Crippen molar-refractivity contribution in [2.45, 2.75) is 45.9 Å². The second-order valence-electron chi connectivity index (χ2n) is 7.43. The zero-order valence-electron chi connectivity index (χ0n) is 14.6. The van der Waals surface area contributed by atoms with E-state index in [-0.39, 0.29) is 34.0 Å². The first-order valence-corrected chi connectivity index (χ1v) is 9.29. The predicted molar refractivity (Wildman–Crippen MR) is 91.7 cm³/mol. The minimum Gasteiger partial charge on any atom is -0.326 e. The molecule has 0 bridgehead atoms. The molecule has 1 aromatic carbocycles. The van der Waals surface area contributed by atoms with Gasteiger partial charge in [-0.1, -0.05) is 27.7 Å². The van der Waals surface area contributed by atoms with E-state index in [1.807, 2.05) is 0 Å². The summed E-state index contributed by atoms with van der Waals surface area (Å²) in [5, 5.41) is 2.56. The lowest BCUT2D eigenvalue weighted by molar-refractivity contribution is -0.120. The maximum Gasteiger partial charge on any atom is 0.264 e. The molecule has 0 atom stereocenters. The molecule has 2 rings (SSSR count). The van der Waals surface area contributed by atoms with Crippen molar-refractivity contribution < 1.29 is 18.0 Å². The van der Waals surface area contributed by atoms with Gasteiger partial charge in [0.2, 0.25) is 11.8 Å². The number of hydrogen-bond acceptors (Lipinski definition) is 4. The first-order valence-electron chi connectivity index (χ1n) is 7.81. The lowest BCUT2D eigenvalue weighted by Gasteiger charge is -2.09. The molecule has 1 aliphatic rings. The highest BCUT2D eigenvalue weighted by molar-refractivity contribution is 7.90. The number of carbonyl (C=O) groups is 2. The highest BCUT2D eigenvalue weighted by atomic mass is 32.2. The van der Waals surface area contributed by atoms with Crippen molar-refractivity contribution in [2.24, 2.45) is 16.7 Å². The van der Waals surface area contributed by atoms with Gasteiger partial charge in [0.25, 0.3) is 10.0 Å². The third-order valence-corrected chi connectivity index (χ3v) is 6.83. The number of carbonyl (C=O) groups excluding carboxylic acids is 2. The van der Waals surface area contributed by atoms with Gasteiger partial charge in [0, 0.05) is 19.0 Å². The molecule has 0 heterocycles. The predicted octanol–water partition coefficient (Wildman–Crippen LogP) is 2.52. The fourth-order valence-electron chi connectivity index (χ4n) is 3.20. The highest BCUT2D eigenvalue weighted by Gasteiger charge is 2.64. The maximum atomic E-state index is 12.3. The Labute approximate surface area is 143 Å². The van der Waals surface area contributed by atoms with Gasteiger partial charge in [-0.3, -0.25) is 9.59 Å². The third-order valence-electron chi connectivity index (χ3n) is 5.44. The summed E-state index contributed by atoms with van der Waals surface area (Å²) in [6.45, 7) is 9.70. The van der Waals surface area contributed by atoms with Gasteiger partial charge >= 0.3 is 0 Å². The Kier molecular flexibility index (Phi) is 4.52. The highest BCUT2D eigenvalue weighted by Crippen LogP contribution is 2.69. The van der Waals surface area contributed by atoms with E-state index in [1.165, 1.54) is 31.2 Å². The number of nitrogens with one attached hydrogen (secondary N) is 2. The smallest absolute Gasteiger partial charge is 0.264 e. The molecule has 0 unspecified atom stereocenters. The van der Waals surface area contributed by atoms with Gasteiger partial charge in [-0.25, -0.2) is 13.1 Å². The van der Waals surface area contributed by atoms with E-state index in [1.54, 1.807) is 0 Å². The molecule has 0 radical (unpaired) electrons. The second kappa shape index (κ2) is 5.88. The molecule has 6 nitrogen and oxygen atoms in total. The van der Waals surface area contributed by atoms with E-state index in [4.69, 9.17) is 0 Å². The first kappa shape index (κ1) is 18.4. The molecule has 1 fully saturated rings. The number of hydrogen-bond donors (Lipinski definition) is 2. The topological polar surface area (TPSA) is 92.3 Å². The summed E-state index contributed by atoms with van der Waals surface area (Å²) in [6.07, 6.45) is 0.184. The summed E-state index contributed by atoms with van der Waals surface area (Å²) >= 11 is 0. The zero-order chi connectivity index (χ0) is 18.3. The zero-order valence-corrected chi connectivity index (χ0v) is 15.5. The Morgan fingerprint density at radius 3 is 1.96 bits per heavy atom. The minimum absolute atomic E-state index is 0.0146. The lowest BCUT2D eigenvalue weighted by Crippen LogP contribution is -2.31. The van der Waals surface area contributed by atoms with Crippen molar-refractivity contribution in [2.75, 3.05) is 5.32 Å². The van der Waals surface area contributed by atoms with Crippen LogP contribution in [0.15, 0.2) is 29.2 Å². The van der Waals surface area contributed by atoms with Gasteiger partial charge < -0.3 is 5.32 Å². The Balaban J connectivity index is 2.03. The van der Waals surface area contributed by atoms with Crippen LogP contribution in [-0.4, -0.2) is 20.2 Å². The van der Waals surface area contributed by atoms with Crippen molar-refractivity contribution >= 4 is 27.5 Å². The molecule has 1 aliphatic carbocycles. The van der Waals surface area contributed by atoms with Crippen LogP contribution in [0.1, 0.15) is 41.0 Å². The molecule has 24 heavy (non-hydrogen) atoms. The molecular weight excluding hydrogens is 328 g/mol. The average Bonchev–Trinajstić information content (AvgIpc) is 2.80. The first-order chi connectivity index (χ1) is 10.9. The van der Waals surface area contributed by atoms with Crippen LogP contribution in [0.3, 0.4) is 0 Å². The minimum atomic E-state index is -3.91. The Hall–Kier alpha value is -1.89. The average molecular weight is 352 g/mol. The second-order valence-corrected chi connectivity index (χ2v) is 9.12. The van der Waals surface area contributed by atoms with Gasteiger partial charge in [-0.2, -0.15) is 0 Å². The van der Waals surface area contributed by atoms with Crippen LogP contribution in [-0.2, 0) is 19.6 Å². The standard InChI is InChI=1S/C17H24N2O4S/c1-11(20)18-12-6-8-13(9-7-12)24(22,23)19-15(21)10-14-16(2,3)17(14,4)5/h6-9,14H,10H2,1-5H3,(H,18,20)(H,19,21). The van der Waals surface area contributed by atoms with Crippen LogP contribution in [0.25, 0.3) is 0 Å². The van der Waals surface area contributed by atoms with Crippen LogP contribution in [0.5, 0.6) is 0 Å². The van der Waals surface area contributed by atoms with Crippen LogP contribution >= 0.6 is 0 Å². The van der Waals surface area contributed by atoms with E-state index >= 15 is 0 Å². The summed E-state index contributed by atoms with van der Waals surface area (Å²) in [5.41, 5.74) is 0.539. The summed E-state index contributed by atoms with van der Waals surface area (Å²) in [7, 11) is -3.91. The fraction of sp³-hybridized carbons (Fsp3) is 0.529. The van der Waals surface area contributed by atoms with Crippen molar-refractivity contribution in [3.63, 3.8) is 0 Å². The van der Waals surface area contributed by atoms with E-state index in [2.05, 4.69) is 37.7 Å². The molecule has 2 N–H and O–H groups in total. The maximum absolute atomic E-state index is 12.3. The van der Waals surface area contributed by atoms with Crippen LogP contribution in [0, 0.1) is 16.7 Å². The number of anilines is 1. The van der Waals surface area contributed by atoms with Crippen LogP contribution < -0.4 is 10.0 Å². The molecule has 132 valence electrons. The van der Waals surface area contributed by atoms with Gasteiger partial charge in [0.15, 0.2) is 0 Å². The van der Waals surface area contributed by atoms with Crippen LogP contribution in [0.4, 0.5) is 5.69 Å². The third kappa shape index (κ3) is 3.45. The normalized spacial score (nSPS) is 18.7. The summed E-state index contributed by atoms with van der Waals surface area (Å²) < 4.78 is 26.7. The monoisotopic (exact) mass is 352 g/mol. The number of sulfonamides is 1. The van der Waals surface area contributed by atoms with Gasteiger partial charge in [-0.15, -0.1) is 0 Å². The van der Waals surface area contributed by atoms with E-state index in [9.17, 15) is 18.0 Å². The molecule has 0 saturated heterocycles. The van der Waals surface area contributed by atoms with Crippen molar-refractivity contribution in [3.05, 3.63) is 24.3 Å². The molecular formula is C17H24N2O4S. The van der Waals surface area contributed by atoms with E-state index in [0.29, 0.717) is 5.69 Å². The Bertz CT molecular complexity index is 750. The van der Waals surface area contributed by atoms with Crippen molar-refractivity contribution in [1.29, 1.82) is 0 Å². The molecule has 1 saturated carbocycles. The Morgan fingerprint density at radius 1 is 1.04 bits per heavy atom. The summed E-state index contributed by atoms with van der Waals surface area (Å²) in [5.74, 6) is -0.583. The summed E-state index contributed by atoms with van der Waals surface area (Å²) in [6, 6.07) is 5.67. The fourth-order valence-corrected chi connectivity index (χ4v) is 4.20.